The van der Waals surface area contributed by atoms with Crippen molar-refractivity contribution >= 4 is 23.4 Å². The maximum Gasteiger partial charge on any atom is 0.257 e. The number of ether oxygens (including phenoxy) is 2. The van der Waals surface area contributed by atoms with E-state index in [2.05, 4.69) is 12.2 Å². The van der Waals surface area contributed by atoms with Crippen molar-refractivity contribution in [2.75, 3.05) is 39.2 Å². The van der Waals surface area contributed by atoms with Crippen molar-refractivity contribution in [1.82, 2.24) is 9.80 Å². The Morgan fingerprint density at radius 2 is 1.94 bits per heavy atom. The Hall–Kier alpha value is -2.61. The Morgan fingerprint density at radius 3 is 2.58 bits per heavy atom. The van der Waals surface area contributed by atoms with Gasteiger partial charge < -0.3 is 24.6 Å². The van der Waals surface area contributed by atoms with E-state index in [0.717, 1.165) is 12.8 Å². The summed E-state index contributed by atoms with van der Waals surface area (Å²) in [5, 5.41) is 2.81. The molecular formula is C25H37N3O5. The number of benzene rings is 1. The monoisotopic (exact) mass is 459 g/mol. The van der Waals surface area contributed by atoms with Crippen LogP contribution in [0.5, 0.6) is 5.75 Å². The number of carbonyl (C=O) groups excluding carboxylic acids is 3. The van der Waals surface area contributed by atoms with Crippen LogP contribution in [0, 0.1) is 11.8 Å². The van der Waals surface area contributed by atoms with E-state index >= 15 is 0 Å². The van der Waals surface area contributed by atoms with Crippen molar-refractivity contribution in [3.8, 4) is 5.75 Å². The van der Waals surface area contributed by atoms with E-state index in [1.54, 1.807) is 44.2 Å². The van der Waals surface area contributed by atoms with Crippen LogP contribution in [-0.4, -0.2) is 73.5 Å². The Morgan fingerprint density at radius 1 is 1.21 bits per heavy atom. The van der Waals surface area contributed by atoms with Crippen LogP contribution >= 0.6 is 0 Å². The fourth-order valence-electron chi connectivity index (χ4n) is 4.13. The van der Waals surface area contributed by atoms with Crippen LogP contribution in [0.1, 0.15) is 56.8 Å². The summed E-state index contributed by atoms with van der Waals surface area (Å²) in [5.41, 5.74) is 0.985. The van der Waals surface area contributed by atoms with Gasteiger partial charge in [-0.3, -0.25) is 14.4 Å². The van der Waals surface area contributed by atoms with Gasteiger partial charge in [-0.25, -0.2) is 0 Å². The Balaban J connectivity index is 1.92. The first kappa shape index (κ1) is 25.0. The molecule has 2 aliphatic rings. The first-order valence-corrected chi connectivity index (χ1v) is 11.9. The SMILES string of the molecule is CCC(=O)Nc1ccc2c(c1)OC[C@@H](C)N(C(=O)CC1CC1)C[C@@H](C)[C@H](OC)CN(C)C2=O. The van der Waals surface area contributed by atoms with Crippen LogP contribution in [0.15, 0.2) is 18.2 Å². The second-order valence-corrected chi connectivity index (χ2v) is 9.40. The predicted octanol–water partition coefficient (Wildman–Crippen LogP) is 3.17. The minimum Gasteiger partial charge on any atom is -0.491 e. The Kier molecular flexibility index (Phi) is 8.35. The molecule has 3 atom stereocenters. The summed E-state index contributed by atoms with van der Waals surface area (Å²) in [7, 11) is 3.38. The van der Waals surface area contributed by atoms with Crippen LogP contribution in [0.3, 0.4) is 0 Å². The molecule has 0 spiro atoms. The van der Waals surface area contributed by atoms with E-state index in [4.69, 9.17) is 9.47 Å². The molecule has 182 valence electrons. The quantitative estimate of drug-likeness (QED) is 0.731. The zero-order valence-electron chi connectivity index (χ0n) is 20.4. The summed E-state index contributed by atoms with van der Waals surface area (Å²) < 4.78 is 11.8. The van der Waals surface area contributed by atoms with Crippen molar-refractivity contribution in [2.24, 2.45) is 11.8 Å². The molecule has 8 heteroatoms. The number of hydrogen-bond donors (Lipinski definition) is 1. The van der Waals surface area contributed by atoms with Gasteiger partial charge in [0, 0.05) is 57.8 Å². The van der Waals surface area contributed by atoms with Crippen molar-refractivity contribution < 1.29 is 23.9 Å². The smallest absolute Gasteiger partial charge is 0.257 e. The summed E-state index contributed by atoms with van der Waals surface area (Å²) in [6.45, 7) is 6.98. The van der Waals surface area contributed by atoms with Crippen LogP contribution < -0.4 is 10.1 Å². The minimum atomic E-state index is -0.214. The molecule has 1 N–H and O–H groups in total. The third-order valence-electron chi connectivity index (χ3n) is 6.53. The van der Waals surface area contributed by atoms with Gasteiger partial charge >= 0.3 is 0 Å². The molecule has 0 radical (unpaired) electrons. The summed E-state index contributed by atoms with van der Waals surface area (Å²) in [6, 6.07) is 4.89. The number of anilines is 1. The molecule has 1 aromatic rings. The molecule has 1 heterocycles. The molecule has 1 saturated carbocycles. The van der Waals surface area contributed by atoms with Gasteiger partial charge in [0.1, 0.15) is 12.4 Å². The van der Waals surface area contributed by atoms with Gasteiger partial charge in [0.2, 0.25) is 11.8 Å². The van der Waals surface area contributed by atoms with E-state index in [9.17, 15) is 14.4 Å². The number of amides is 3. The van der Waals surface area contributed by atoms with E-state index in [1.165, 1.54) is 0 Å². The molecule has 1 fully saturated rings. The molecule has 33 heavy (non-hydrogen) atoms. The average Bonchev–Trinajstić information content (AvgIpc) is 3.61. The molecule has 3 amide bonds. The van der Waals surface area contributed by atoms with Gasteiger partial charge in [0.05, 0.1) is 17.7 Å². The van der Waals surface area contributed by atoms with Crippen molar-refractivity contribution in [2.45, 2.75) is 58.6 Å². The standard InChI is InChI=1S/C25H37N3O5/c1-6-23(29)26-19-9-10-20-21(12-19)33-15-17(3)28(24(30)11-18-7-8-18)13-16(2)22(32-5)14-27(4)25(20)31/h9-10,12,16-18,22H,6-8,11,13-15H2,1-5H3,(H,26,29)/t16-,17-,22-/m1/s1. The van der Waals surface area contributed by atoms with Gasteiger partial charge in [-0.05, 0) is 37.8 Å². The lowest BCUT2D eigenvalue weighted by Gasteiger charge is -2.36. The Bertz CT molecular complexity index is 870. The van der Waals surface area contributed by atoms with Gasteiger partial charge in [0.15, 0.2) is 0 Å². The third kappa shape index (κ3) is 6.47. The number of nitrogens with zero attached hydrogens (tertiary/aromatic N) is 2. The summed E-state index contributed by atoms with van der Waals surface area (Å²) in [5.74, 6) is 0.776. The van der Waals surface area contributed by atoms with Gasteiger partial charge in [-0.2, -0.15) is 0 Å². The topological polar surface area (TPSA) is 88.2 Å². The van der Waals surface area contributed by atoms with Gasteiger partial charge in [-0.15, -0.1) is 0 Å². The van der Waals surface area contributed by atoms with E-state index in [1.807, 2.05) is 11.8 Å². The minimum absolute atomic E-state index is 0.0429. The predicted molar refractivity (Wildman–Crippen MR) is 126 cm³/mol. The molecule has 1 aliphatic carbocycles. The first-order chi connectivity index (χ1) is 15.7. The maximum absolute atomic E-state index is 13.2. The highest BCUT2D eigenvalue weighted by molar-refractivity contribution is 5.98. The number of likely N-dealkylation sites (N-methyl/N-ethyl adjacent to an activating group) is 1. The van der Waals surface area contributed by atoms with Gasteiger partial charge in [0.25, 0.3) is 5.91 Å². The summed E-state index contributed by atoms with van der Waals surface area (Å²) >= 11 is 0. The molecule has 0 saturated heterocycles. The highest BCUT2D eigenvalue weighted by atomic mass is 16.5. The van der Waals surface area contributed by atoms with E-state index < -0.39 is 0 Å². The highest BCUT2D eigenvalue weighted by Gasteiger charge is 2.33. The van der Waals surface area contributed by atoms with E-state index in [-0.39, 0.29) is 42.4 Å². The first-order valence-electron chi connectivity index (χ1n) is 11.9. The number of carbonyl (C=O) groups is 3. The molecule has 0 unspecified atom stereocenters. The van der Waals surface area contributed by atoms with Crippen molar-refractivity contribution in [3.05, 3.63) is 23.8 Å². The molecule has 0 aromatic heterocycles. The lowest BCUT2D eigenvalue weighted by Crippen LogP contribution is -2.48. The number of hydrogen-bond acceptors (Lipinski definition) is 5. The molecule has 3 rings (SSSR count). The lowest BCUT2D eigenvalue weighted by molar-refractivity contribution is -0.135. The highest BCUT2D eigenvalue weighted by Crippen LogP contribution is 2.33. The van der Waals surface area contributed by atoms with Crippen LogP contribution in [0.4, 0.5) is 5.69 Å². The van der Waals surface area contributed by atoms with Gasteiger partial charge in [-0.1, -0.05) is 13.8 Å². The largest absolute Gasteiger partial charge is 0.491 e. The number of fused-ring (bicyclic) bond motifs is 1. The van der Waals surface area contributed by atoms with Crippen molar-refractivity contribution in [3.63, 3.8) is 0 Å². The molecule has 1 aromatic carbocycles. The number of rotatable bonds is 5. The normalized spacial score (nSPS) is 24.3. The van der Waals surface area contributed by atoms with Crippen LogP contribution in [-0.2, 0) is 14.3 Å². The second kappa shape index (κ2) is 11.0. The maximum atomic E-state index is 13.2. The summed E-state index contributed by atoms with van der Waals surface area (Å²) in [4.78, 5) is 41.7. The molecule has 0 bridgehead atoms. The van der Waals surface area contributed by atoms with E-state index in [0.29, 0.717) is 48.8 Å². The summed E-state index contributed by atoms with van der Waals surface area (Å²) in [6.07, 6.45) is 2.94. The zero-order chi connectivity index (χ0) is 24.1. The fraction of sp³-hybridized carbons (Fsp3) is 0.640. The lowest BCUT2D eigenvalue weighted by atomic mass is 10.0. The number of nitrogens with one attached hydrogen (secondary N) is 1. The molecule has 1 aliphatic heterocycles. The Labute approximate surface area is 196 Å². The number of methoxy groups -OCH3 is 1. The van der Waals surface area contributed by atoms with Crippen LogP contribution in [0.2, 0.25) is 0 Å². The van der Waals surface area contributed by atoms with Crippen molar-refractivity contribution in [1.29, 1.82) is 0 Å². The molecule has 8 nitrogen and oxygen atoms in total. The third-order valence-corrected chi connectivity index (χ3v) is 6.53. The second-order valence-electron chi connectivity index (χ2n) is 9.40. The molecular weight excluding hydrogens is 422 g/mol. The average molecular weight is 460 g/mol. The zero-order valence-corrected chi connectivity index (χ0v) is 20.4. The van der Waals surface area contributed by atoms with Crippen LogP contribution in [0.25, 0.3) is 0 Å². The fourth-order valence-corrected chi connectivity index (χ4v) is 4.13.